The third-order valence-electron chi connectivity index (χ3n) is 2.25. The van der Waals surface area contributed by atoms with Crippen molar-refractivity contribution in [3.05, 3.63) is 23.0 Å². The zero-order valence-electron chi connectivity index (χ0n) is 9.20. The lowest BCUT2D eigenvalue weighted by Crippen LogP contribution is -2.26. The van der Waals surface area contributed by atoms with E-state index in [0.29, 0.717) is 16.8 Å². The Labute approximate surface area is 92.9 Å². The maximum atomic E-state index is 11.9. The van der Waals surface area contributed by atoms with Gasteiger partial charge in [0.2, 0.25) is 5.91 Å². The summed E-state index contributed by atoms with van der Waals surface area (Å²) in [6.07, 6.45) is 2.52. The number of nitrogens with one attached hydrogen (secondary N) is 2. The molecule has 1 aromatic rings. The third kappa shape index (κ3) is 2.28. The first kappa shape index (κ1) is 12.0. The number of carbonyl (C=O) groups excluding carboxylic acids is 2. The van der Waals surface area contributed by atoms with Crippen LogP contribution in [0.15, 0.2) is 6.20 Å². The van der Waals surface area contributed by atoms with Crippen molar-refractivity contribution < 1.29 is 9.59 Å². The van der Waals surface area contributed by atoms with E-state index in [-0.39, 0.29) is 12.3 Å². The summed E-state index contributed by atoms with van der Waals surface area (Å²) in [6, 6.07) is 0. The standard InChI is InChI=1S/C10H14N4O2/c1-6-9(10(16)14(2)5-11)7(4-13-6)3-8(12)15/h4-5,11,13H,3H2,1-2H3,(H2,12,15). The number of carbonyl (C=O) groups is 2. The molecule has 0 radical (unpaired) electrons. The fourth-order valence-corrected chi connectivity index (χ4v) is 1.44. The topological polar surface area (TPSA) is 103 Å². The molecule has 0 unspecified atom stereocenters. The lowest BCUT2D eigenvalue weighted by Gasteiger charge is -2.11. The summed E-state index contributed by atoms with van der Waals surface area (Å²) in [5, 5.41) is 7.00. The van der Waals surface area contributed by atoms with Crippen LogP contribution in [0.2, 0.25) is 0 Å². The molecule has 0 bridgehead atoms. The second-order valence-electron chi connectivity index (χ2n) is 3.50. The molecule has 0 spiro atoms. The molecule has 0 aliphatic carbocycles. The summed E-state index contributed by atoms with van der Waals surface area (Å²) >= 11 is 0. The zero-order chi connectivity index (χ0) is 12.3. The van der Waals surface area contributed by atoms with E-state index in [1.807, 2.05) is 0 Å². The summed E-state index contributed by atoms with van der Waals surface area (Å²) < 4.78 is 0. The van der Waals surface area contributed by atoms with Gasteiger partial charge in [0.1, 0.15) is 0 Å². The Morgan fingerprint density at radius 1 is 1.62 bits per heavy atom. The van der Waals surface area contributed by atoms with Crippen LogP contribution in [0.4, 0.5) is 0 Å². The van der Waals surface area contributed by atoms with Crippen LogP contribution in [0.25, 0.3) is 0 Å². The average molecular weight is 222 g/mol. The number of amides is 2. The van der Waals surface area contributed by atoms with Crippen LogP contribution in [-0.2, 0) is 11.2 Å². The van der Waals surface area contributed by atoms with Crippen molar-refractivity contribution in [2.75, 3.05) is 7.05 Å². The largest absolute Gasteiger partial charge is 0.369 e. The Balaban J connectivity index is 3.10. The first-order valence-corrected chi connectivity index (χ1v) is 4.70. The monoisotopic (exact) mass is 222 g/mol. The predicted octanol–water partition coefficient (Wildman–Crippen LogP) is 0.0300. The molecule has 6 nitrogen and oxygen atoms in total. The minimum absolute atomic E-state index is 0.0112. The molecule has 6 heteroatoms. The maximum Gasteiger partial charge on any atom is 0.260 e. The second-order valence-corrected chi connectivity index (χ2v) is 3.50. The average Bonchev–Trinajstić information content (AvgIpc) is 2.56. The van der Waals surface area contributed by atoms with Crippen molar-refractivity contribution in [1.82, 2.24) is 9.88 Å². The Morgan fingerprint density at radius 2 is 2.25 bits per heavy atom. The molecule has 0 atom stereocenters. The number of primary amides is 1. The summed E-state index contributed by atoms with van der Waals surface area (Å²) in [5.74, 6) is -0.824. The molecular weight excluding hydrogens is 208 g/mol. The molecule has 1 aromatic heterocycles. The highest BCUT2D eigenvalue weighted by molar-refractivity contribution is 6.02. The molecule has 1 heterocycles. The van der Waals surface area contributed by atoms with Gasteiger partial charge in [-0.15, -0.1) is 0 Å². The Kier molecular flexibility index (Phi) is 3.44. The number of nitrogens with two attached hydrogens (primary N) is 1. The third-order valence-corrected chi connectivity index (χ3v) is 2.25. The molecule has 0 aromatic carbocycles. The van der Waals surface area contributed by atoms with Crippen molar-refractivity contribution in [2.24, 2.45) is 5.73 Å². The van der Waals surface area contributed by atoms with Crippen molar-refractivity contribution >= 4 is 18.2 Å². The van der Waals surface area contributed by atoms with Gasteiger partial charge >= 0.3 is 0 Å². The minimum atomic E-state index is -0.495. The van der Waals surface area contributed by atoms with Gasteiger partial charge in [-0.2, -0.15) is 0 Å². The van der Waals surface area contributed by atoms with E-state index in [2.05, 4.69) is 4.98 Å². The minimum Gasteiger partial charge on any atom is -0.369 e. The van der Waals surface area contributed by atoms with E-state index in [0.717, 1.165) is 11.2 Å². The van der Waals surface area contributed by atoms with Gasteiger partial charge in [0.15, 0.2) is 0 Å². The first-order chi connectivity index (χ1) is 7.47. The molecule has 0 saturated carbocycles. The molecule has 0 saturated heterocycles. The quantitative estimate of drug-likeness (QED) is 0.494. The van der Waals surface area contributed by atoms with Crippen LogP contribution in [0.3, 0.4) is 0 Å². The number of hydrogen-bond acceptors (Lipinski definition) is 3. The first-order valence-electron chi connectivity index (χ1n) is 4.70. The zero-order valence-corrected chi connectivity index (χ0v) is 9.20. The lowest BCUT2D eigenvalue weighted by molar-refractivity contribution is -0.117. The van der Waals surface area contributed by atoms with Crippen molar-refractivity contribution in [3.63, 3.8) is 0 Å². The summed E-state index contributed by atoms with van der Waals surface area (Å²) in [4.78, 5) is 26.7. The fraction of sp³-hybridized carbons (Fsp3) is 0.300. The summed E-state index contributed by atoms with van der Waals surface area (Å²) in [5.41, 5.74) is 6.72. The molecule has 86 valence electrons. The Hall–Kier alpha value is -2.11. The number of aromatic nitrogens is 1. The highest BCUT2D eigenvalue weighted by Crippen LogP contribution is 2.15. The molecule has 4 N–H and O–H groups in total. The Morgan fingerprint density at radius 3 is 2.75 bits per heavy atom. The number of rotatable bonds is 4. The summed E-state index contributed by atoms with van der Waals surface area (Å²) in [7, 11) is 1.48. The lowest BCUT2D eigenvalue weighted by atomic mass is 10.1. The maximum absolute atomic E-state index is 11.9. The van der Waals surface area contributed by atoms with Gasteiger partial charge in [0.25, 0.3) is 5.91 Å². The van der Waals surface area contributed by atoms with E-state index < -0.39 is 5.91 Å². The summed E-state index contributed by atoms with van der Waals surface area (Å²) in [6.45, 7) is 1.73. The molecular formula is C10H14N4O2. The predicted molar refractivity (Wildman–Crippen MR) is 59.3 cm³/mol. The van der Waals surface area contributed by atoms with Crippen molar-refractivity contribution in [2.45, 2.75) is 13.3 Å². The van der Waals surface area contributed by atoms with E-state index in [9.17, 15) is 9.59 Å². The van der Waals surface area contributed by atoms with Gasteiger partial charge in [-0.1, -0.05) is 0 Å². The van der Waals surface area contributed by atoms with E-state index in [1.165, 1.54) is 7.05 Å². The van der Waals surface area contributed by atoms with E-state index >= 15 is 0 Å². The molecule has 16 heavy (non-hydrogen) atoms. The van der Waals surface area contributed by atoms with Gasteiger partial charge < -0.3 is 15.6 Å². The molecule has 0 aliphatic rings. The SMILES string of the molecule is Cc1[nH]cc(CC(N)=O)c1C(=O)N(C)C=N. The number of H-pyrrole nitrogens is 1. The van der Waals surface area contributed by atoms with Gasteiger partial charge in [0, 0.05) is 18.9 Å². The van der Waals surface area contributed by atoms with Crippen LogP contribution >= 0.6 is 0 Å². The molecule has 2 amide bonds. The fourth-order valence-electron chi connectivity index (χ4n) is 1.44. The highest BCUT2D eigenvalue weighted by atomic mass is 16.2. The second kappa shape index (κ2) is 4.61. The smallest absolute Gasteiger partial charge is 0.260 e. The number of nitrogens with zero attached hydrogens (tertiary/aromatic N) is 1. The van der Waals surface area contributed by atoms with Gasteiger partial charge in [-0.3, -0.25) is 15.0 Å². The molecule has 0 fully saturated rings. The van der Waals surface area contributed by atoms with Crippen LogP contribution in [0.1, 0.15) is 21.6 Å². The van der Waals surface area contributed by atoms with Crippen molar-refractivity contribution in [3.8, 4) is 0 Å². The number of aryl methyl sites for hydroxylation is 1. The van der Waals surface area contributed by atoms with Crippen molar-refractivity contribution in [1.29, 1.82) is 5.41 Å². The number of aromatic amines is 1. The van der Waals surface area contributed by atoms with Gasteiger partial charge in [-0.05, 0) is 12.5 Å². The van der Waals surface area contributed by atoms with Gasteiger partial charge in [-0.25, -0.2) is 0 Å². The number of hydrogen-bond donors (Lipinski definition) is 3. The molecule has 0 aliphatic heterocycles. The Bertz CT molecular complexity index is 436. The van der Waals surface area contributed by atoms with Gasteiger partial charge in [0.05, 0.1) is 18.3 Å². The normalized spacial score (nSPS) is 9.88. The van der Waals surface area contributed by atoms with Crippen LogP contribution < -0.4 is 5.73 Å². The van der Waals surface area contributed by atoms with E-state index in [1.54, 1.807) is 13.1 Å². The highest BCUT2D eigenvalue weighted by Gasteiger charge is 2.19. The van der Waals surface area contributed by atoms with Crippen LogP contribution in [-0.4, -0.2) is 35.1 Å². The van der Waals surface area contributed by atoms with Crippen LogP contribution in [0.5, 0.6) is 0 Å². The molecule has 1 rings (SSSR count). The van der Waals surface area contributed by atoms with E-state index in [4.69, 9.17) is 11.1 Å². The van der Waals surface area contributed by atoms with Crippen LogP contribution in [0, 0.1) is 12.3 Å².